The van der Waals surface area contributed by atoms with Crippen LogP contribution in [-0.4, -0.2) is 35.2 Å². The normalized spacial score (nSPS) is 20.6. The third kappa shape index (κ3) is 3.46. The Labute approximate surface area is 161 Å². The highest BCUT2D eigenvalue weighted by molar-refractivity contribution is 6.32. The lowest BCUT2D eigenvalue weighted by Gasteiger charge is -2.19. The summed E-state index contributed by atoms with van der Waals surface area (Å²) in [5.41, 5.74) is 2.33. The average Bonchev–Trinajstić information content (AvgIpc) is 3.33. The van der Waals surface area contributed by atoms with Gasteiger partial charge in [-0.25, -0.2) is 9.79 Å². The first-order chi connectivity index (χ1) is 13.6. The van der Waals surface area contributed by atoms with Crippen LogP contribution < -0.4 is 5.84 Å². The molecule has 0 saturated carbocycles. The number of amidine groups is 2. The van der Waals surface area contributed by atoms with E-state index in [2.05, 4.69) is 15.1 Å². The molecule has 1 atom stereocenters. The van der Waals surface area contributed by atoms with Crippen LogP contribution in [0.25, 0.3) is 11.8 Å². The minimum Gasteiger partial charge on any atom is -0.463 e. The van der Waals surface area contributed by atoms with E-state index in [4.69, 9.17) is 15.0 Å². The zero-order valence-electron chi connectivity index (χ0n) is 15.1. The summed E-state index contributed by atoms with van der Waals surface area (Å²) in [4.78, 5) is 20.4. The van der Waals surface area contributed by atoms with Crippen molar-refractivity contribution in [3.63, 3.8) is 0 Å². The number of ether oxygens (including phenoxy) is 1. The minimum absolute atomic E-state index is 0.336. The number of nitrogens with zero attached hydrogens (tertiary/aromatic N) is 4. The molecule has 8 heteroatoms. The van der Waals surface area contributed by atoms with E-state index in [0.717, 1.165) is 11.1 Å². The molecule has 2 aliphatic heterocycles. The van der Waals surface area contributed by atoms with Gasteiger partial charge in [-0.2, -0.15) is 4.99 Å². The Balaban J connectivity index is 1.61. The molecule has 0 fully saturated rings. The van der Waals surface area contributed by atoms with Crippen LogP contribution in [0.2, 0.25) is 0 Å². The Kier molecular flexibility index (Phi) is 4.56. The van der Waals surface area contributed by atoms with Crippen LogP contribution >= 0.6 is 0 Å². The van der Waals surface area contributed by atoms with E-state index in [9.17, 15) is 4.79 Å². The number of rotatable bonds is 5. The Morgan fingerprint density at radius 2 is 2.21 bits per heavy atom. The van der Waals surface area contributed by atoms with Gasteiger partial charge in [-0.05, 0) is 46.6 Å². The van der Waals surface area contributed by atoms with Crippen molar-refractivity contribution < 1.29 is 18.6 Å². The van der Waals surface area contributed by atoms with Gasteiger partial charge >= 0.3 is 5.97 Å². The quantitative estimate of drug-likeness (QED) is 0.375. The molecule has 2 N–H and O–H groups in total. The summed E-state index contributed by atoms with van der Waals surface area (Å²) in [6, 6.07) is 11.1. The van der Waals surface area contributed by atoms with E-state index in [1.54, 1.807) is 43.8 Å². The van der Waals surface area contributed by atoms with Crippen LogP contribution in [0.5, 0.6) is 0 Å². The van der Waals surface area contributed by atoms with Crippen molar-refractivity contribution in [2.24, 2.45) is 20.9 Å². The largest absolute Gasteiger partial charge is 0.463 e. The van der Waals surface area contributed by atoms with E-state index >= 15 is 0 Å². The number of aliphatic imine (C=N–C) groups is 2. The Morgan fingerprint density at radius 1 is 1.32 bits per heavy atom. The second kappa shape index (κ2) is 7.18. The van der Waals surface area contributed by atoms with Gasteiger partial charge in [-0.3, -0.25) is 0 Å². The summed E-state index contributed by atoms with van der Waals surface area (Å²) in [6.07, 6.45) is 7.94. The lowest BCUT2D eigenvalue weighted by Crippen LogP contribution is -2.50. The van der Waals surface area contributed by atoms with Gasteiger partial charge in [0.05, 0.1) is 12.9 Å². The topological polar surface area (TPSA) is 103 Å². The van der Waals surface area contributed by atoms with Gasteiger partial charge in [0.1, 0.15) is 11.9 Å². The maximum absolute atomic E-state index is 11.5. The molecule has 1 aromatic heterocycles. The Bertz CT molecular complexity index is 1060. The van der Waals surface area contributed by atoms with Gasteiger partial charge in [-0.15, -0.1) is 5.84 Å². The van der Waals surface area contributed by atoms with Crippen molar-refractivity contribution in [3.05, 3.63) is 71.8 Å². The first kappa shape index (κ1) is 17.8. The molecule has 8 nitrogen and oxygen atoms in total. The number of nitrogens with two attached hydrogens (primary N) is 1. The summed E-state index contributed by atoms with van der Waals surface area (Å²) in [5.74, 6) is 7.46. The standard InChI is InChI=1S/C20H18N5O3/c1-2-27-19(26)9-8-14-5-3-6-15(11-14)16-13-25(21)18(12-22-16)23-20(24-25)17-7-4-10-28-17/h3-13H,2,21H2,1H3/q+1. The van der Waals surface area contributed by atoms with Crippen molar-refractivity contribution in [1.29, 1.82) is 0 Å². The molecule has 1 aromatic carbocycles. The molecule has 1 unspecified atom stereocenters. The maximum Gasteiger partial charge on any atom is 0.330 e. The first-order valence-corrected chi connectivity index (χ1v) is 8.70. The zero-order valence-corrected chi connectivity index (χ0v) is 15.1. The molecule has 0 radical (unpaired) electrons. The number of hydrogen-bond donors (Lipinski definition) is 1. The highest BCUT2D eigenvalue weighted by atomic mass is 16.5. The van der Waals surface area contributed by atoms with Crippen LogP contribution in [0.4, 0.5) is 0 Å². The number of fused-ring (bicyclic) bond motifs is 1. The van der Waals surface area contributed by atoms with Crippen molar-refractivity contribution >= 4 is 35.6 Å². The highest BCUT2D eigenvalue weighted by Gasteiger charge is 2.40. The number of carbonyl (C=O) groups is 1. The molecule has 0 saturated heterocycles. The summed E-state index contributed by atoms with van der Waals surface area (Å²) < 4.78 is 9.91. The fourth-order valence-electron chi connectivity index (χ4n) is 2.80. The zero-order chi connectivity index (χ0) is 19.6. The monoisotopic (exact) mass is 376 g/mol. The first-order valence-electron chi connectivity index (χ1n) is 8.70. The molecule has 0 aliphatic carbocycles. The van der Waals surface area contributed by atoms with Crippen LogP contribution in [-0.2, 0) is 9.53 Å². The number of furan rings is 1. The Morgan fingerprint density at radius 3 is 3.00 bits per heavy atom. The van der Waals surface area contributed by atoms with E-state index in [1.165, 1.54) is 6.08 Å². The molecule has 0 amide bonds. The van der Waals surface area contributed by atoms with Gasteiger partial charge in [-0.1, -0.05) is 18.2 Å². The fourth-order valence-corrected chi connectivity index (χ4v) is 2.80. The molecule has 28 heavy (non-hydrogen) atoms. The van der Waals surface area contributed by atoms with Crippen molar-refractivity contribution in [3.8, 4) is 0 Å². The molecular formula is C20H18N5O3+. The predicted octanol–water partition coefficient (Wildman–Crippen LogP) is 2.70. The van der Waals surface area contributed by atoms with Crippen molar-refractivity contribution in [1.82, 2.24) is 0 Å². The van der Waals surface area contributed by atoms with Crippen molar-refractivity contribution in [2.45, 2.75) is 6.92 Å². The van der Waals surface area contributed by atoms with E-state index in [0.29, 0.717) is 29.7 Å². The van der Waals surface area contributed by atoms with Gasteiger partial charge in [0.15, 0.2) is 12.0 Å². The number of benzene rings is 1. The molecule has 140 valence electrons. The van der Waals surface area contributed by atoms with E-state index in [1.807, 2.05) is 24.3 Å². The molecule has 4 rings (SSSR count). The Hall–Kier alpha value is -3.62. The summed E-state index contributed by atoms with van der Waals surface area (Å²) in [5, 5.41) is 4.45. The summed E-state index contributed by atoms with van der Waals surface area (Å²) >= 11 is 0. The highest BCUT2D eigenvalue weighted by Crippen LogP contribution is 2.27. The number of hydrogen-bond acceptors (Lipinski definition) is 7. The third-order valence-electron chi connectivity index (χ3n) is 4.11. The smallest absolute Gasteiger partial charge is 0.330 e. The molecule has 2 aromatic rings. The van der Waals surface area contributed by atoms with Crippen molar-refractivity contribution in [2.75, 3.05) is 6.61 Å². The number of esters is 1. The maximum atomic E-state index is 11.5. The molecule has 2 aliphatic rings. The lowest BCUT2D eigenvalue weighted by atomic mass is 10.1. The third-order valence-corrected chi connectivity index (χ3v) is 4.11. The molecule has 0 spiro atoms. The van der Waals surface area contributed by atoms with Crippen LogP contribution in [0.1, 0.15) is 23.8 Å². The second-order valence-electron chi connectivity index (χ2n) is 6.09. The van der Waals surface area contributed by atoms with E-state index in [-0.39, 0.29) is 10.7 Å². The predicted molar refractivity (Wildman–Crippen MR) is 106 cm³/mol. The number of carbonyl (C=O) groups excluding carboxylic acids is 1. The summed E-state index contributed by atoms with van der Waals surface area (Å²) in [6.45, 7) is 2.10. The van der Waals surface area contributed by atoms with E-state index < -0.39 is 0 Å². The van der Waals surface area contributed by atoms with Gasteiger partial charge in [0.2, 0.25) is 0 Å². The van der Waals surface area contributed by atoms with Gasteiger partial charge < -0.3 is 9.15 Å². The molecule has 3 heterocycles. The summed E-state index contributed by atoms with van der Waals surface area (Å²) in [7, 11) is 0. The fraction of sp³-hybridized carbons (Fsp3) is 0.100. The van der Waals surface area contributed by atoms with Crippen LogP contribution in [0, 0.1) is 0 Å². The SMILES string of the molecule is CCOC(=O)C=Cc1cccc(C2=C[N+]3(N)N=C(c4ccco4)N=C3C=N2)c1. The number of quaternary nitrogens is 1. The second-order valence-corrected chi connectivity index (χ2v) is 6.09. The van der Waals surface area contributed by atoms with Crippen LogP contribution in [0.3, 0.4) is 0 Å². The van der Waals surface area contributed by atoms with Gasteiger partial charge in [0.25, 0.3) is 11.7 Å². The minimum atomic E-state index is -0.382. The van der Waals surface area contributed by atoms with Gasteiger partial charge in [0, 0.05) is 11.6 Å². The average molecular weight is 376 g/mol. The molecular weight excluding hydrogens is 358 g/mol. The lowest BCUT2D eigenvalue weighted by molar-refractivity contribution is -0.802. The molecule has 0 bridgehead atoms. The van der Waals surface area contributed by atoms with Crippen LogP contribution in [0.15, 0.2) is 74.4 Å².